The van der Waals surface area contributed by atoms with Gasteiger partial charge in [0.05, 0.1) is 0 Å². The van der Waals surface area contributed by atoms with Gasteiger partial charge in [-0.15, -0.1) is 0 Å². The molecule has 1 nitrogen and oxygen atoms in total. The van der Waals surface area contributed by atoms with Crippen molar-refractivity contribution < 1.29 is 0 Å². The van der Waals surface area contributed by atoms with Crippen molar-refractivity contribution >= 4 is 0 Å². The largest absolute Gasteiger partial charge is 0.304 e. The Morgan fingerprint density at radius 1 is 1.00 bits per heavy atom. The Hall–Kier alpha value is -0.0400. The van der Waals surface area contributed by atoms with Crippen LogP contribution in [0, 0.1) is 11.8 Å². The molecule has 74 valence electrons. The summed E-state index contributed by atoms with van der Waals surface area (Å²) in [5.74, 6) is 1.68. The Balaban J connectivity index is 3.54. The normalized spacial score (nSPS) is 14.8. The van der Waals surface area contributed by atoms with E-state index in [-0.39, 0.29) is 0 Å². The Kier molecular flexibility index (Phi) is 5.56. The number of hydrogen-bond acceptors (Lipinski definition) is 1. The van der Waals surface area contributed by atoms with Gasteiger partial charge in [-0.25, -0.2) is 0 Å². The molecule has 0 aromatic carbocycles. The van der Waals surface area contributed by atoms with E-state index in [1.54, 1.807) is 0 Å². The van der Waals surface area contributed by atoms with Crippen LogP contribution in [0.5, 0.6) is 0 Å². The Labute approximate surface area is 78.1 Å². The lowest BCUT2D eigenvalue weighted by molar-refractivity contribution is 0.239. The van der Waals surface area contributed by atoms with E-state index < -0.39 is 0 Å². The second-order valence-electron chi connectivity index (χ2n) is 4.58. The highest BCUT2D eigenvalue weighted by Gasteiger charge is 2.09. The summed E-state index contributed by atoms with van der Waals surface area (Å²) in [7, 11) is 2.21. The fourth-order valence-electron chi connectivity index (χ4n) is 0.999. The maximum Gasteiger partial charge on any atom is 0.00355 e. The minimum absolute atomic E-state index is 0.685. The van der Waals surface area contributed by atoms with Crippen molar-refractivity contribution in [3.05, 3.63) is 0 Å². The van der Waals surface area contributed by atoms with Gasteiger partial charge in [-0.3, -0.25) is 0 Å². The summed E-state index contributed by atoms with van der Waals surface area (Å²) in [6, 6.07) is 0.685. The van der Waals surface area contributed by atoms with Crippen LogP contribution >= 0.6 is 0 Å². The molecule has 0 amide bonds. The van der Waals surface area contributed by atoms with Crippen LogP contribution < -0.4 is 0 Å². The lowest BCUT2D eigenvalue weighted by atomic mass is 9.94. The van der Waals surface area contributed by atoms with Crippen LogP contribution in [0.1, 0.15) is 41.0 Å². The molecule has 1 atom stereocenters. The van der Waals surface area contributed by atoms with Gasteiger partial charge in [-0.2, -0.15) is 0 Å². The van der Waals surface area contributed by atoms with Crippen LogP contribution in [0.4, 0.5) is 0 Å². The van der Waals surface area contributed by atoms with E-state index in [4.69, 9.17) is 0 Å². The molecule has 0 aliphatic carbocycles. The highest BCUT2D eigenvalue weighted by molar-refractivity contribution is 4.62. The lowest BCUT2D eigenvalue weighted by Crippen LogP contribution is -2.28. The number of hydrogen-bond donors (Lipinski definition) is 0. The first-order valence-electron chi connectivity index (χ1n) is 5.15. The quantitative estimate of drug-likeness (QED) is 0.614. The molecule has 0 aliphatic heterocycles. The fraction of sp³-hybridized carbons (Fsp3) is 1.00. The minimum atomic E-state index is 0.685. The lowest BCUT2D eigenvalue weighted by Gasteiger charge is -2.24. The van der Waals surface area contributed by atoms with Crippen molar-refractivity contribution in [1.82, 2.24) is 4.90 Å². The molecule has 12 heavy (non-hydrogen) atoms. The summed E-state index contributed by atoms with van der Waals surface area (Å²) in [4.78, 5) is 2.42. The molecular formula is C11H25N. The van der Waals surface area contributed by atoms with Crippen LogP contribution in [-0.4, -0.2) is 24.5 Å². The highest BCUT2D eigenvalue weighted by Crippen LogP contribution is 2.14. The van der Waals surface area contributed by atoms with Crippen LogP contribution in [0.15, 0.2) is 0 Å². The molecule has 0 N–H and O–H groups in total. The number of nitrogens with zero attached hydrogens (tertiary/aromatic N) is 1. The summed E-state index contributed by atoms with van der Waals surface area (Å²) in [6.07, 6.45) is 1.33. The van der Waals surface area contributed by atoms with E-state index in [2.05, 4.69) is 46.6 Å². The molecule has 0 heterocycles. The van der Waals surface area contributed by atoms with Crippen molar-refractivity contribution in [2.45, 2.75) is 47.1 Å². The third kappa shape index (κ3) is 4.76. The van der Waals surface area contributed by atoms with E-state index in [0.29, 0.717) is 6.04 Å². The molecule has 0 rings (SSSR count). The Morgan fingerprint density at radius 2 is 1.50 bits per heavy atom. The maximum atomic E-state index is 2.42. The Morgan fingerprint density at radius 3 is 1.83 bits per heavy atom. The van der Waals surface area contributed by atoms with Gasteiger partial charge in [0.1, 0.15) is 0 Å². The van der Waals surface area contributed by atoms with Crippen LogP contribution in [0.25, 0.3) is 0 Å². The molecule has 0 spiro atoms. The molecule has 0 aliphatic rings. The van der Waals surface area contributed by atoms with E-state index in [9.17, 15) is 0 Å². The first-order chi connectivity index (χ1) is 5.45. The minimum Gasteiger partial charge on any atom is -0.304 e. The summed E-state index contributed by atoms with van der Waals surface area (Å²) in [6.45, 7) is 12.7. The van der Waals surface area contributed by atoms with Gasteiger partial charge >= 0.3 is 0 Å². The number of rotatable bonds is 5. The van der Waals surface area contributed by atoms with Crippen LogP contribution in [0.3, 0.4) is 0 Å². The fourth-order valence-corrected chi connectivity index (χ4v) is 0.999. The van der Waals surface area contributed by atoms with E-state index in [0.717, 1.165) is 11.8 Å². The third-order valence-electron chi connectivity index (χ3n) is 2.96. The van der Waals surface area contributed by atoms with Crippen molar-refractivity contribution in [3.8, 4) is 0 Å². The first-order valence-corrected chi connectivity index (χ1v) is 5.15. The van der Waals surface area contributed by atoms with E-state index in [1.807, 2.05) is 0 Å². The third-order valence-corrected chi connectivity index (χ3v) is 2.96. The molecule has 0 radical (unpaired) electrons. The standard InChI is InChI=1S/C11H25N/c1-9(2)11(5)7-8-12(6)10(3)4/h9-11H,7-8H2,1-6H3/t11-/m1/s1. The van der Waals surface area contributed by atoms with Crippen molar-refractivity contribution in [1.29, 1.82) is 0 Å². The van der Waals surface area contributed by atoms with Gasteiger partial charge in [0.25, 0.3) is 0 Å². The first kappa shape index (κ1) is 12.0. The molecule has 0 saturated heterocycles. The van der Waals surface area contributed by atoms with Gasteiger partial charge in [-0.05, 0) is 45.7 Å². The average Bonchev–Trinajstić information content (AvgIpc) is 1.98. The van der Waals surface area contributed by atoms with Crippen molar-refractivity contribution in [2.75, 3.05) is 13.6 Å². The monoisotopic (exact) mass is 171 g/mol. The summed E-state index contributed by atoms with van der Waals surface area (Å²) >= 11 is 0. The second kappa shape index (κ2) is 5.58. The molecule has 0 unspecified atom stereocenters. The zero-order valence-electron chi connectivity index (χ0n) is 9.59. The van der Waals surface area contributed by atoms with Crippen molar-refractivity contribution in [2.24, 2.45) is 11.8 Å². The SMILES string of the molecule is CC(C)[C@H](C)CCN(C)C(C)C. The topological polar surface area (TPSA) is 3.24 Å². The van der Waals surface area contributed by atoms with Gasteiger partial charge < -0.3 is 4.90 Å². The molecule has 0 aromatic heterocycles. The van der Waals surface area contributed by atoms with E-state index >= 15 is 0 Å². The zero-order chi connectivity index (χ0) is 9.72. The van der Waals surface area contributed by atoms with Crippen LogP contribution in [0.2, 0.25) is 0 Å². The molecule has 0 bridgehead atoms. The maximum absolute atomic E-state index is 2.42. The van der Waals surface area contributed by atoms with Gasteiger partial charge in [0.2, 0.25) is 0 Å². The summed E-state index contributed by atoms with van der Waals surface area (Å²) in [5, 5.41) is 0. The predicted octanol–water partition coefficient (Wildman–Crippen LogP) is 3.01. The molecular weight excluding hydrogens is 146 g/mol. The zero-order valence-corrected chi connectivity index (χ0v) is 9.59. The molecule has 0 aromatic rings. The van der Waals surface area contributed by atoms with Gasteiger partial charge in [0, 0.05) is 6.04 Å². The predicted molar refractivity (Wildman–Crippen MR) is 56.4 cm³/mol. The highest BCUT2D eigenvalue weighted by atomic mass is 15.1. The molecule has 0 saturated carbocycles. The summed E-state index contributed by atoms with van der Waals surface area (Å²) in [5.41, 5.74) is 0. The average molecular weight is 171 g/mol. The molecule has 0 fully saturated rings. The second-order valence-corrected chi connectivity index (χ2v) is 4.58. The van der Waals surface area contributed by atoms with Gasteiger partial charge in [-0.1, -0.05) is 20.8 Å². The molecule has 1 heteroatoms. The summed E-state index contributed by atoms with van der Waals surface area (Å²) < 4.78 is 0. The van der Waals surface area contributed by atoms with Gasteiger partial charge in [0.15, 0.2) is 0 Å². The smallest absolute Gasteiger partial charge is 0.00355 e. The van der Waals surface area contributed by atoms with E-state index in [1.165, 1.54) is 13.0 Å². The Bertz CT molecular complexity index is 93.6. The van der Waals surface area contributed by atoms with Crippen LogP contribution in [-0.2, 0) is 0 Å². The van der Waals surface area contributed by atoms with Crippen molar-refractivity contribution in [3.63, 3.8) is 0 Å².